The molecule has 0 radical (unpaired) electrons. The third kappa shape index (κ3) is 5.76. The molecule has 1 aliphatic heterocycles. The number of nitrogens with two attached hydrogens (primary N) is 1. The average molecular weight is 423 g/mol. The largest absolute Gasteiger partial charge is 0.387 e. The van der Waals surface area contributed by atoms with Crippen LogP contribution < -0.4 is 21.6 Å². The van der Waals surface area contributed by atoms with Crippen molar-refractivity contribution >= 4 is 40.5 Å². The molecule has 2 aromatic heterocycles. The first kappa shape index (κ1) is 20.8. The number of pyridine rings is 2. The van der Waals surface area contributed by atoms with E-state index in [0.717, 1.165) is 44.0 Å². The lowest BCUT2D eigenvalue weighted by Crippen LogP contribution is -2.56. The van der Waals surface area contributed by atoms with Crippen LogP contribution in [0.15, 0.2) is 35.6 Å². The first-order chi connectivity index (χ1) is 13.5. The molecule has 8 nitrogen and oxygen atoms in total. The van der Waals surface area contributed by atoms with Crippen molar-refractivity contribution in [3.8, 4) is 0 Å². The summed E-state index contributed by atoms with van der Waals surface area (Å²) in [6.45, 7) is 6.66. The lowest BCUT2D eigenvalue weighted by Gasteiger charge is -2.35. The van der Waals surface area contributed by atoms with Gasteiger partial charge in [0, 0.05) is 45.3 Å². The molecule has 0 atom stereocenters. The second kappa shape index (κ2) is 9.99. The minimum absolute atomic E-state index is 0.274. The number of hydrazine groups is 2. The summed E-state index contributed by atoms with van der Waals surface area (Å²) in [7, 11) is 0. The molecule has 3 rings (SSSR count). The van der Waals surface area contributed by atoms with E-state index in [0.29, 0.717) is 23.1 Å². The summed E-state index contributed by atoms with van der Waals surface area (Å²) in [5.74, 6) is 1.00. The number of hydrogen-bond donors (Lipinski definition) is 3. The number of nitrogens with zero attached hydrogens (tertiary/aromatic N) is 5. The normalized spacial score (nSPS) is 15.8. The maximum absolute atomic E-state index is 6.04. The van der Waals surface area contributed by atoms with Gasteiger partial charge in [0.25, 0.3) is 0 Å². The van der Waals surface area contributed by atoms with Gasteiger partial charge < -0.3 is 10.6 Å². The van der Waals surface area contributed by atoms with Gasteiger partial charge in [-0.25, -0.2) is 25.4 Å². The molecule has 0 bridgehead atoms. The second-order valence-electron chi connectivity index (χ2n) is 6.39. The molecule has 1 aliphatic rings. The maximum atomic E-state index is 6.04. The van der Waals surface area contributed by atoms with Gasteiger partial charge in [-0.15, -0.1) is 0 Å². The highest BCUT2D eigenvalue weighted by Gasteiger charge is 2.17. The van der Waals surface area contributed by atoms with Crippen molar-refractivity contribution in [2.45, 2.75) is 13.3 Å². The molecule has 0 spiro atoms. The predicted octanol–water partition coefficient (Wildman–Crippen LogP) is 2.17. The monoisotopic (exact) mass is 422 g/mol. The van der Waals surface area contributed by atoms with E-state index in [9.17, 15) is 0 Å². The molecule has 0 saturated carbocycles. The van der Waals surface area contributed by atoms with Gasteiger partial charge in [-0.3, -0.25) is 0 Å². The lowest BCUT2D eigenvalue weighted by molar-refractivity contribution is 0.144. The summed E-state index contributed by atoms with van der Waals surface area (Å²) in [5, 5.41) is 2.84. The molecule has 0 amide bonds. The van der Waals surface area contributed by atoms with Gasteiger partial charge in [-0.2, -0.15) is 5.53 Å². The van der Waals surface area contributed by atoms with Crippen molar-refractivity contribution in [3.63, 3.8) is 0 Å². The van der Waals surface area contributed by atoms with E-state index < -0.39 is 0 Å². The zero-order chi connectivity index (χ0) is 19.9. The zero-order valence-corrected chi connectivity index (χ0v) is 17.2. The molecule has 0 aromatic carbocycles. The van der Waals surface area contributed by atoms with Gasteiger partial charge in [0.05, 0.1) is 16.9 Å². The van der Waals surface area contributed by atoms with E-state index in [4.69, 9.17) is 28.9 Å². The summed E-state index contributed by atoms with van der Waals surface area (Å²) >= 11 is 11.8. The molecule has 4 N–H and O–H groups in total. The summed E-state index contributed by atoms with van der Waals surface area (Å²) in [5.41, 5.74) is 14.3. The minimum atomic E-state index is 0.274. The van der Waals surface area contributed by atoms with Crippen LogP contribution in [0.5, 0.6) is 0 Å². The Hall–Kier alpha value is -1.97. The first-order valence-electron chi connectivity index (χ1n) is 9.12. The van der Waals surface area contributed by atoms with E-state index in [1.165, 1.54) is 0 Å². The van der Waals surface area contributed by atoms with E-state index >= 15 is 0 Å². The molecule has 1 saturated heterocycles. The van der Waals surface area contributed by atoms with Crippen LogP contribution in [0.1, 0.15) is 12.5 Å². The highest BCUT2D eigenvalue weighted by atomic mass is 35.5. The molecule has 150 valence electrons. The molecule has 3 heterocycles. The Kier molecular flexibility index (Phi) is 7.41. The Balaban J connectivity index is 1.56. The molecular weight excluding hydrogens is 399 g/mol. The fraction of sp³-hybridized carbons (Fsp3) is 0.389. The van der Waals surface area contributed by atoms with Crippen molar-refractivity contribution in [2.75, 3.05) is 37.6 Å². The summed E-state index contributed by atoms with van der Waals surface area (Å²) in [6, 6.07) is 5.63. The summed E-state index contributed by atoms with van der Waals surface area (Å²) < 4.78 is 0. The van der Waals surface area contributed by atoms with Crippen LogP contribution in [0.25, 0.3) is 0 Å². The fourth-order valence-electron chi connectivity index (χ4n) is 2.85. The van der Waals surface area contributed by atoms with E-state index in [2.05, 4.69) is 42.8 Å². The number of halogens is 2. The van der Waals surface area contributed by atoms with Gasteiger partial charge in [0.1, 0.15) is 11.0 Å². The number of aliphatic imine (C=N–C) groups is 1. The molecule has 2 aromatic rings. The van der Waals surface area contributed by atoms with Crippen LogP contribution in [-0.4, -0.2) is 53.5 Å². The van der Waals surface area contributed by atoms with Crippen molar-refractivity contribution in [2.24, 2.45) is 10.7 Å². The average Bonchev–Trinajstić information content (AvgIpc) is 2.70. The zero-order valence-electron chi connectivity index (χ0n) is 15.7. The molecule has 0 unspecified atom stereocenters. The Bertz CT molecular complexity index is 804. The third-order valence-electron chi connectivity index (χ3n) is 4.29. The quantitative estimate of drug-likeness (QED) is 0.272. The number of amidine groups is 1. The number of hydrogen-bond acceptors (Lipinski definition) is 7. The molecule has 10 heteroatoms. The van der Waals surface area contributed by atoms with E-state index in [1.807, 2.05) is 18.3 Å². The molecule has 0 aliphatic carbocycles. The van der Waals surface area contributed by atoms with Crippen LogP contribution in [0.2, 0.25) is 10.2 Å². The van der Waals surface area contributed by atoms with Gasteiger partial charge in [0.15, 0.2) is 5.82 Å². The Morgan fingerprint density at radius 2 is 1.96 bits per heavy atom. The third-order valence-corrected chi connectivity index (χ3v) is 4.97. The Morgan fingerprint density at radius 3 is 2.61 bits per heavy atom. The van der Waals surface area contributed by atoms with Crippen LogP contribution >= 0.6 is 23.2 Å². The number of aromatic nitrogens is 2. The number of nitrogens with one attached hydrogen (secondary N) is 2. The number of rotatable bonds is 7. The Morgan fingerprint density at radius 1 is 1.18 bits per heavy atom. The predicted molar refractivity (Wildman–Crippen MR) is 114 cm³/mol. The van der Waals surface area contributed by atoms with Crippen molar-refractivity contribution < 1.29 is 0 Å². The lowest BCUT2D eigenvalue weighted by atomic mass is 10.2. The standard InChI is InChI=1S/C18H24Cl2N8/c1-2-24-26-28-7-5-27(6-8-28)14-3-4-17(22-12-14)25-16(21)10-13-9-15(19)18(20)23-11-13/h3-4,9,11-12,24,26H,2,5-8,10H2,1H3,(H2,21,22,25). The van der Waals surface area contributed by atoms with Crippen molar-refractivity contribution in [1.82, 2.24) is 25.9 Å². The van der Waals surface area contributed by atoms with Crippen molar-refractivity contribution in [1.29, 1.82) is 0 Å². The van der Waals surface area contributed by atoms with Crippen molar-refractivity contribution in [3.05, 3.63) is 46.3 Å². The number of anilines is 1. The fourth-order valence-corrected chi connectivity index (χ4v) is 3.14. The SMILES string of the molecule is CCNNN1CCN(c2ccc(N=C(N)Cc3cnc(Cl)c(Cl)c3)nc2)CC1. The first-order valence-corrected chi connectivity index (χ1v) is 9.88. The van der Waals surface area contributed by atoms with Crippen LogP contribution in [0, 0.1) is 0 Å². The number of piperazine rings is 1. The highest BCUT2D eigenvalue weighted by molar-refractivity contribution is 6.41. The van der Waals surface area contributed by atoms with Gasteiger partial charge in [0.2, 0.25) is 0 Å². The highest BCUT2D eigenvalue weighted by Crippen LogP contribution is 2.21. The maximum Gasteiger partial charge on any atom is 0.153 e. The summed E-state index contributed by atoms with van der Waals surface area (Å²) in [4.78, 5) is 15.1. The molecule has 28 heavy (non-hydrogen) atoms. The second-order valence-corrected chi connectivity index (χ2v) is 7.15. The van der Waals surface area contributed by atoms with E-state index in [1.54, 1.807) is 12.3 Å². The van der Waals surface area contributed by atoms with Gasteiger partial charge >= 0.3 is 0 Å². The Labute approximate surface area is 174 Å². The van der Waals surface area contributed by atoms with Gasteiger partial charge in [-0.05, 0) is 23.8 Å². The topological polar surface area (TPSA) is 94.7 Å². The van der Waals surface area contributed by atoms with Crippen LogP contribution in [0.4, 0.5) is 11.5 Å². The van der Waals surface area contributed by atoms with Gasteiger partial charge in [-0.1, -0.05) is 30.1 Å². The smallest absolute Gasteiger partial charge is 0.153 e. The minimum Gasteiger partial charge on any atom is -0.387 e. The molecular formula is C18H24Cl2N8. The van der Waals surface area contributed by atoms with Crippen LogP contribution in [-0.2, 0) is 6.42 Å². The molecule has 1 fully saturated rings. The van der Waals surface area contributed by atoms with E-state index in [-0.39, 0.29) is 5.15 Å². The van der Waals surface area contributed by atoms with Crippen LogP contribution in [0.3, 0.4) is 0 Å². The summed E-state index contributed by atoms with van der Waals surface area (Å²) in [6.07, 6.45) is 3.89.